The number of hydrogen-bond acceptors (Lipinski definition) is 4. The Morgan fingerprint density at radius 2 is 2.10 bits per heavy atom. The number of hydrogen-bond donors (Lipinski definition) is 1. The fraction of sp³-hybridized carbons (Fsp3) is 0.467. The third kappa shape index (κ3) is 5.13. The smallest absolute Gasteiger partial charge is 0.138 e. The minimum Gasteiger partial charge on any atom is -0.316 e. The van der Waals surface area contributed by atoms with Gasteiger partial charge in [-0.05, 0) is 37.7 Å². The van der Waals surface area contributed by atoms with Gasteiger partial charge in [0.15, 0.2) is 0 Å². The molecule has 1 heterocycles. The molecule has 2 rings (SSSR count). The number of nitrogens with zero attached hydrogens (tertiary/aromatic N) is 3. The van der Waals surface area contributed by atoms with Crippen molar-refractivity contribution in [3.63, 3.8) is 0 Å². The molecule has 0 bridgehead atoms. The van der Waals surface area contributed by atoms with Gasteiger partial charge in [0.2, 0.25) is 0 Å². The molecule has 1 N–H and O–H groups in total. The zero-order valence-electron chi connectivity index (χ0n) is 12.4. The Hall–Kier alpha value is -0.850. The fourth-order valence-corrected chi connectivity index (χ4v) is 3.31. The monoisotopic (exact) mass is 368 g/mol. The van der Waals surface area contributed by atoms with E-state index in [9.17, 15) is 0 Å². The lowest BCUT2D eigenvalue weighted by Crippen LogP contribution is -2.31. The molecule has 114 valence electrons. The summed E-state index contributed by atoms with van der Waals surface area (Å²) in [6, 6.07) is 8.82. The summed E-state index contributed by atoms with van der Waals surface area (Å²) < 4.78 is 3.12. The summed E-state index contributed by atoms with van der Waals surface area (Å²) in [5.41, 5.74) is 0. The Morgan fingerprint density at radius 3 is 2.76 bits per heavy atom. The molecule has 0 fully saturated rings. The van der Waals surface area contributed by atoms with Crippen LogP contribution in [0.15, 0.2) is 40.0 Å². The average Bonchev–Trinajstić information content (AvgIpc) is 2.92. The third-order valence-electron chi connectivity index (χ3n) is 3.23. The minimum atomic E-state index is 0.387. The highest BCUT2D eigenvalue weighted by Gasteiger charge is 2.12. The van der Waals surface area contributed by atoms with Crippen LogP contribution in [0.4, 0.5) is 0 Å². The van der Waals surface area contributed by atoms with Gasteiger partial charge in [0, 0.05) is 34.1 Å². The zero-order chi connectivity index (χ0) is 15.1. The van der Waals surface area contributed by atoms with E-state index in [1.165, 1.54) is 4.90 Å². The molecule has 1 atom stereocenters. The van der Waals surface area contributed by atoms with E-state index in [0.717, 1.165) is 35.4 Å². The van der Waals surface area contributed by atoms with Crippen LogP contribution in [0.5, 0.6) is 0 Å². The van der Waals surface area contributed by atoms with Gasteiger partial charge >= 0.3 is 0 Å². The van der Waals surface area contributed by atoms with Gasteiger partial charge in [0.05, 0.1) is 0 Å². The Morgan fingerprint density at radius 1 is 1.33 bits per heavy atom. The summed E-state index contributed by atoms with van der Waals surface area (Å²) in [5, 5.41) is 7.67. The van der Waals surface area contributed by atoms with Gasteiger partial charge in [-0.3, -0.25) is 4.68 Å². The Labute approximate surface area is 138 Å². The molecule has 6 heteroatoms. The van der Waals surface area contributed by atoms with Gasteiger partial charge < -0.3 is 5.32 Å². The topological polar surface area (TPSA) is 42.7 Å². The van der Waals surface area contributed by atoms with Crippen molar-refractivity contribution in [1.29, 1.82) is 0 Å². The number of nitrogens with one attached hydrogen (secondary N) is 1. The molecule has 0 aliphatic rings. The lowest BCUT2D eigenvalue weighted by atomic mass is 10.2. The molecule has 0 amide bonds. The number of halogens is 1. The van der Waals surface area contributed by atoms with Crippen molar-refractivity contribution >= 4 is 27.7 Å². The molecule has 1 unspecified atom stereocenters. The van der Waals surface area contributed by atoms with Crippen LogP contribution in [0.1, 0.15) is 19.2 Å². The van der Waals surface area contributed by atoms with Gasteiger partial charge in [-0.1, -0.05) is 22.9 Å². The molecule has 0 spiro atoms. The second-order valence-electron chi connectivity index (χ2n) is 4.85. The highest BCUT2D eigenvalue weighted by Crippen LogP contribution is 2.21. The molecule has 2 aromatic rings. The average molecular weight is 369 g/mol. The summed E-state index contributed by atoms with van der Waals surface area (Å²) in [5.74, 6) is 2.07. The van der Waals surface area contributed by atoms with Crippen LogP contribution in [-0.2, 0) is 13.0 Å². The molecule has 4 nitrogen and oxygen atoms in total. The largest absolute Gasteiger partial charge is 0.316 e. The first-order chi connectivity index (χ1) is 10.2. The second-order valence-corrected chi connectivity index (χ2v) is 6.86. The normalized spacial score (nSPS) is 12.5. The first-order valence-corrected chi connectivity index (χ1v) is 8.93. The summed E-state index contributed by atoms with van der Waals surface area (Å²) in [7, 11) is 2.01. The van der Waals surface area contributed by atoms with E-state index in [4.69, 9.17) is 0 Å². The van der Waals surface area contributed by atoms with E-state index in [1.807, 2.05) is 23.5 Å². The first-order valence-electron chi connectivity index (χ1n) is 7.15. The predicted molar refractivity (Wildman–Crippen MR) is 91.7 cm³/mol. The highest BCUT2D eigenvalue weighted by atomic mass is 79.9. The second kappa shape index (κ2) is 8.56. The van der Waals surface area contributed by atoms with Crippen LogP contribution in [0, 0.1) is 0 Å². The number of benzene rings is 1. The predicted octanol–water partition coefficient (Wildman–Crippen LogP) is 3.37. The Kier molecular flexibility index (Phi) is 6.73. The van der Waals surface area contributed by atoms with Crippen LogP contribution >= 0.6 is 27.7 Å². The molecule has 1 aromatic heterocycles. The van der Waals surface area contributed by atoms with Crippen LogP contribution in [0.2, 0.25) is 0 Å². The maximum absolute atomic E-state index is 4.39. The van der Waals surface area contributed by atoms with Crippen molar-refractivity contribution in [2.75, 3.05) is 12.8 Å². The molecule has 1 aromatic carbocycles. The first kappa shape index (κ1) is 16.5. The molecule has 0 saturated heterocycles. The van der Waals surface area contributed by atoms with Crippen LogP contribution in [0.3, 0.4) is 0 Å². The van der Waals surface area contributed by atoms with Gasteiger partial charge in [0.1, 0.15) is 12.2 Å². The Balaban J connectivity index is 1.90. The number of likely N-dealkylation sites (N-methyl/N-ethyl adjacent to an activating group) is 1. The number of thioether (sulfide) groups is 1. The van der Waals surface area contributed by atoms with E-state index in [2.05, 4.69) is 62.5 Å². The van der Waals surface area contributed by atoms with Gasteiger partial charge in [-0.15, -0.1) is 11.8 Å². The van der Waals surface area contributed by atoms with E-state index in [-0.39, 0.29) is 0 Å². The zero-order valence-corrected chi connectivity index (χ0v) is 14.8. The minimum absolute atomic E-state index is 0.387. The van der Waals surface area contributed by atoms with Gasteiger partial charge in [-0.2, -0.15) is 5.10 Å². The van der Waals surface area contributed by atoms with Crippen LogP contribution in [-0.4, -0.2) is 33.6 Å². The molecule has 0 aliphatic heterocycles. The molecular formula is C15H21BrN4S. The van der Waals surface area contributed by atoms with E-state index in [1.54, 1.807) is 6.33 Å². The standard InChI is InChI=1S/C15H21BrN4S/c1-3-8-20-15(18-11-19-20)9-13(17-2)10-21-14-6-4-12(16)5-7-14/h4-7,11,13,17H,3,8-10H2,1-2H3. The number of aromatic nitrogens is 3. The van der Waals surface area contributed by atoms with E-state index in [0.29, 0.717) is 6.04 Å². The molecular weight excluding hydrogens is 348 g/mol. The number of rotatable bonds is 8. The molecule has 0 saturated carbocycles. The summed E-state index contributed by atoms with van der Waals surface area (Å²) in [6.07, 6.45) is 3.63. The fourth-order valence-electron chi connectivity index (χ4n) is 2.04. The van der Waals surface area contributed by atoms with Crippen molar-refractivity contribution < 1.29 is 0 Å². The van der Waals surface area contributed by atoms with Crippen molar-refractivity contribution in [3.05, 3.63) is 40.9 Å². The highest BCUT2D eigenvalue weighted by molar-refractivity contribution is 9.10. The summed E-state index contributed by atoms with van der Waals surface area (Å²) in [4.78, 5) is 5.67. The van der Waals surface area contributed by atoms with E-state index < -0.39 is 0 Å². The van der Waals surface area contributed by atoms with Crippen molar-refractivity contribution in [1.82, 2.24) is 20.1 Å². The van der Waals surface area contributed by atoms with Crippen LogP contribution in [0.25, 0.3) is 0 Å². The quantitative estimate of drug-likeness (QED) is 0.725. The SMILES string of the molecule is CCCn1ncnc1CC(CSc1ccc(Br)cc1)NC. The summed E-state index contributed by atoms with van der Waals surface area (Å²) in [6.45, 7) is 3.09. The Bertz CT molecular complexity index is 541. The van der Waals surface area contributed by atoms with Crippen LogP contribution < -0.4 is 5.32 Å². The third-order valence-corrected chi connectivity index (χ3v) is 4.94. The maximum atomic E-state index is 4.39. The molecule has 21 heavy (non-hydrogen) atoms. The van der Waals surface area contributed by atoms with Crippen molar-refractivity contribution in [3.8, 4) is 0 Å². The van der Waals surface area contributed by atoms with Gasteiger partial charge in [-0.25, -0.2) is 4.98 Å². The molecule has 0 radical (unpaired) electrons. The van der Waals surface area contributed by atoms with Crippen molar-refractivity contribution in [2.45, 2.75) is 37.2 Å². The van der Waals surface area contributed by atoms with Crippen molar-refractivity contribution in [2.24, 2.45) is 0 Å². The lowest BCUT2D eigenvalue weighted by molar-refractivity contribution is 0.528. The molecule has 0 aliphatic carbocycles. The van der Waals surface area contributed by atoms with Gasteiger partial charge in [0.25, 0.3) is 0 Å². The van der Waals surface area contributed by atoms with E-state index >= 15 is 0 Å². The maximum Gasteiger partial charge on any atom is 0.138 e. The lowest BCUT2D eigenvalue weighted by Gasteiger charge is -2.16. The number of aryl methyl sites for hydroxylation is 1. The summed E-state index contributed by atoms with van der Waals surface area (Å²) >= 11 is 5.32.